The monoisotopic (exact) mass is 403 g/mol. The number of alkyl carbamates (subject to hydrolysis) is 1. The first kappa shape index (κ1) is 24.3. The largest absolute Gasteiger partial charge is 0.490 e. The van der Waals surface area contributed by atoms with Crippen molar-refractivity contribution < 1.29 is 23.8 Å². The first-order chi connectivity index (χ1) is 13.8. The van der Waals surface area contributed by atoms with Gasteiger partial charge in [0.25, 0.3) is 0 Å². The number of allylic oxidation sites excluding steroid dienone is 2. The van der Waals surface area contributed by atoms with Gasteiger partial charge < -0.3 is 19.5 Å². The standard InChI is InChI=1S/C23H33NO5/c1-7-21(25)28-13-12-24-23(26)29-15-14-27-20-10-8-19(9-11-20)22(17(4)5)18(6)16(2)3/h7-11,16-17H,1,12-15H2,2-6H3,(H,24,26)/b22-18+. The molecular formula is C23H33NO5. The van der Waals surface area contributed by atoms with Gasteiger partial charge in [-0.25, -0.2) is 9.59 Å². The summed E-state index contributed by atoms with van der Waals surface area (Å²) in [5.41, 5.74) is 3.96. The summed E-state index contributed by atoms with van der Waals surface area (Å²) in [5, 5.41) is 2.48. The fraction of sp³-hybridized carbons (Fsp3) is 0.478. The lowest BCUT2D eigenvalue weighted by molar-refractivity contribution is -0.137. The highest BCUT2D eigenvalue weighted by atomic mass is 16.6. The number of nitrogens with one attached hydrogen (secondary N) is 1. The van der Waals surface area contributed by atoms with Gasteiger partial charge in [0.15, 0.2) is 0 Å². The highest BCUT2D eigenvalue weighted by Gasteiger charge is 2.12. The molecule has 1 aromatic rings. The summed E-state index contributed by atoms with van der Waals surface area (Å²) in [7, 11) is 0. The number of benzene rings is 1. The molecule has 0 atom stereocenters. The van der Waals surface area contributed by atoms with Crippen molar-refractivity contribution in [3.05, 3.63) is 48.1 Å². The lowest BCUT2D eigenvalue weighted by Crippen LogP contribution is -2.29. The van der Waals surface area contributed by atoms with E-state index in [9.17, 15) is 9.59 Å². The zero-order valence-corrected chi connectivity index (χ0v) is 18.1. The third-order valence-corrected chi connectivity index (χ3v) is 4.40. The van der Waals surface area contributed by atoms with E-state index in [-0.39, 0.29) is 26.4 Å². The van der Waals surface area contributed by atoms with Crippen LogP contribution in [-0.2, 0) is 14.3 Å². The van der Waals surface area contributed by atoms with Crippen LogP contribution in [0.4, 0.5) is 4.79 Å². The minimum Gasteiger partial charge on any atom is -0.490 e. The Bertz CT molecular complexity index is 704. The van der Waals surface area contributed by atoms with Gasteiger partial charge in [0.1, 0.15) is 25.6 Å². The SMILES string of the molecule is C=CC(=O)OCCNC(=O)OCCOc1ccc(/C(=C(\C)C(C)C)C(C)C)cc1. The molecule has 0 fully saturated rings. The summed E-state index contributed by atoms with van der Waals surface area (Å²) in [6, 6.07) is 7.99. The highest BCUT2D eigenvalue weighted by Crippen LogP contribution is 2.31. The Morgan fingerprint density at radius 2 is 1.66 bits per heavy atom. The number of amides is 1. The third-order valence-electron chi connectivity index (χ3n) is 4.40. The normalized spacial score (nSPS) is 11.7. The first-order valence-corrected chi connectivity index (χ1v) is 9.90. The Labute approximate surface area is 173 Å². The third kappa shape index (κ3) is 8.85. The van der Waals surface area contributed by atoms with Crippen molar-refractivity contribution in [2.24, 2.45) is 11.8 Å². The van der Waals surface area contributed by atoms with Crippen molar-refractivity contribution in [1.29, 1.82) is 0 Å². The van der Waals surface area contributed by atoms with Crippen LogP contribution in [0, 0.1) is 11.8 Å². The van der Waals surface area contributed by atoms with Crippen LogP contribution in [0.5, 0.6) is 5.75 Å². The van der Waals surface area contributed by atoms with E-state index in [1.54, 1.807) is 0 Å². The zero-order valence-electron chi connectivity index (χ0n) is 18.1. The van der Waals surface area contributed by atoms with Gasteiger partial charge in [-0.15, -0.1) is 0 Å². The maximum Gasteiger partial charge on any atom is 0.407 e. The minimum absolute atomic E-state index is 0.0614. The second kappa shape index (κ2) is 12.6. The van der Waals surface area contributed by atoms with Gasteiger partial charge in [0.05, 0.1) is 6.54 Å². The van der Waals surface area contributed by atoms with Crippen molar-refractivity contribution in [2.45, 2.75) is 34.6 Å². The van der Waals surface area contributed by atoms with Gasteiger partial charge in [0, 0.05) is 6.08 Å². The zero-order chi connectivity index (χ0) is 21.8. The van der Waals surface area contributed by atoms with Crippen molar-refractivity contribution in [2.75, 3.05) is 26.4 Å². The van der Waals surface area contributed by atoms with Gasteiger partial charge in [-0.2, -0.15) is 0 Å². The molecule has 1 N–H and O–H groups in total. The minimum atomic E-state index is -0.588. The van der Waals surface area contributed by atoms with E-state index in [1.807, 2.05) is 12.1 Å². The van der Waals surface area contributed by atoms with Crippen LogP contribution < -0.4 is 10.1 Å². The van der Waals surface area contributed by atoms with Gasteiger partial charge >= 0.3 is 12.1 Å². The van der Waals surface area contributed by atoms with Crippen LogP contribution in [0.1, 0.15) is 40.2 Å². The van der Waals surface area contributed by atoms with E-state index in [0.29, 0.717) is 11.8 Å². The van der Waals surface area contributed by atoms with E-state index >= 15 is 0 Å². The fourth-order valence-electron chi connectivity index (χ4n) is 2.77. The topological polar surface area (TPSA) is 73.9 Å². The van der Waals surface area contributed by atoms with Crippen LogP contribution in [0.3, 0.4) is 0 Å². The molecule has 0 heterocycles. The maximum atomic E-state index is 11.5. The van der Waals surface area contributed by atoms with Crippen LogP contribution >= 0.6 is 0 Å². The highest BCUT2D eigenvalue weighted by molar-refractivity contribution is 5.81. The lowest BCUT2D eigenvalue weighted by Gasteiger charge is -2.19. The molecule has 0 saturated carbocycles. The molecule has 0 aliphatic rings. The maximum absolute atomic E-state index is 11.5. The Hall–Kier alpha value is -2.76. The molecule has 1 aromatic carbocycles. The summed E-state index contributed by atoms with van der Waals surface area (Å²) < 4.78 is 15.4. The Balaban J connectivity index is 2.41. The van der Waals surface area contributed by atoms with E-state index in [0.717, 1.165) is 11.8 Å². The van der Waals surface area contributed by atoms with Gasteiger partial charge in [-0.1, -0.05) is 52.0 Å². The molecule has 6 nitrogen and oxygen atoms in total. The summed E-state index contributed by atoms with van der Waals surface area (Å²) in [4.78, 5) is 22.4. The van der Waals surface area contributed by atoms with Crippen molar-refractivity contribution in [3.63, 3.8) is 0 Å². The smallest absolute Gasteiger partial charge is 0.407 e. The molecule has 29 heavy (non-hydrogen) atoms. The van der Waals surface area contributed by atoms with Crippen LogP contribution in [0.2, 0.25) is 0 Å². The summed E-state index contributed by atoms with van der Waals surface area (Å²) in [6.07, 6.45) is 0.475. The molecule has 0 aliphatic carbocycles. The number of hydrogen-bond donors (Lipinski definition) is 1. The molecule has 160 valence electrons. The molecule has 0 aliphatic heterocycles. The van der Waals surface area contributed by atoms with E-state index < -0.39 is 12.1 Å². The number of hydrogen-bond acceptors (Lipinski definition) is 5. The molecule has 0 bridgehead atoms. The van der Waals surface area contributed by atoms with Crippen molar-refractivity contribution >= 4 is 17.6 Å². The lowest BCUT2D eigenvalue weighted by atomic mass is 9.87. The van der Waals surface area contributed by atoms with Crippen molar-refractivity contribution in [1.82, 2.24) is 5.32 Å². The average molecular weight is 404 g/mol. The van der Waals surface area contributed by atoms with Gasteiger partial charge in [-0.05, 0) is 42.0 Å². The van der Waals surface area contributed by atoms with Gasteiger partial charge in [-0.3, -0.25) is 0 Å². The molecule has 1 amide bonds. The number of carbonyl (C=O) groups is 2. The molecule has 0 unspecified atom stereocenters. The second-order valence-electron chi connectivity index (χ2n) is 7.21. The van der Waals surface area contributed by atoms with Crippen LogP contribution in [-0.4, -0.2) is 38.4 Å². The predicted octanol–water partition coefficient (Wildman–Crippen LogP) is 4.61. The predicted molar refractivity (Wildman–Crippen MR) is 115 cm³/mol. The van der Waals surface area contributed by atoms with Crippen LogP contribution in [0.25, 0.3) is 5.57 Å². The molecule has 0 aromatic heterocycles. The Morgan fingerprint density at radius 1 is 1.00 bits per heavy atom. The fourth-order valence-corrected chi connectivity index (χ4v) is 2.77. The molecule has 0 spiro atoms. The van der Waals surface area contributed by atoms with E-state index in [1.165, 1.54) is 16.7 Å². The molecule has 0 saturated heterocycles. The number of ether oxygens (including phenoxy) is 3. The average Bonchev–Trinajstić information content (AvgIpc) is 2.69. The Kier molecular flexibility index (Phi) is 10.6. The quantitative estimate of drug-likeness (QED) is 0.332. The van der Waals surface area contributed by atoms with Crippen LogP contribution in [0.15, 0.2) is 42.5 Å². The number of rotatable bonds is 11. The summed E-state index contributed by atoms with van der Waals surface area (Å²) in [5.74, 6) is 1.13. The van der Waals surface area contributed by atoms with Gasteiger partial charge in [0.2, 0.25) is 0 Å². The first-order valence-electron chi connectivity index (χ1n) is 9.90. The van der Waals surface area contributed by atoms with E-state index in [2.05, 4.69) is 58.6 Å². The Morgan fingerprint density at radius 3 is 2.21 bits per heavy atom. The van der Waals surface area contributed by atoms with Crippen molar-refractivity contribution in [3.8, 4) is 5.75 Å². The second-order valence-corrected chi connectivity index (χ2v) is 7.21. The number of esters is 1. The molecule has 1 rings (SSSR count). The van der Waals surface area contributed by atoms with E-state index in [4.69, 9.17) is 14.2 Å². The molecule has 0 radical (unpaired) electrons. The molecular weight excluding hydrogens is 370 g/mol. The number of carbonyl (C=O) groups excluding carboxylic acids is 2. The summed E-state index contributed by atoms with van der Waals surface area (Å²) in [6.45, 7) is 14.9. The summed E-state index contributed by atoms with van der Waals surface area (Å²) >= 11 is 0. The molecule has 6 heteroatoms.